The summed E-state index contributed by atoms with van der Waals surface area (Å²) in [7, 11) is 0. The SMILES string of the molecule is C=C1C2CC=C(C=O)C(O)(C=O)C2(C)CCC1(C)O. The van der Waals surface area contributed by atoms with Gasteiger partial charge in [-0.3, -0.25) is 9.59 Å². The first-order chi connectivity index (χ1) is 8.73. The highest BCUT2D eigenvalue weighted by Gasteiger charge is 2.60. The van der Waals surface area contributed by atoms with Crippen molar-refractivity contribution in [2.75, 3.05) is 0 Å². The predicted molar refractivity (Wildman–Crippen MR) is 70.4 cm³/mol. The van der Waals surface area contributed by atoms with E-state index in [4.69, 9.17) is 0 Å². The van der Waals surface area contributed by atoms with E-state index in [1.165, 1.54) is 0 Å². The van der Waals surface area contributed by atoms with Crippen molar-refractivity contribution in [1.29, 1.82) is 0 Å². The van der Waals surface area contributed by atoms with Crippen molar-refractivity contribution in [3.05, 3.63) is 23.8 Å². The Morgan fingerprint density at radius 1 is 1.32 bits per heavy atom. The van der Waals surface area contributed by atoms with Crippen molar-refractivity contribution in [2.45, 2.75) is 44.3 Å². The molecule has 0 saturated heterocycles. The van der Waals surface area contributed by atoms with Crippen LogP contribution in [0.2, 0.25) is 0 Å². The number of hydrogen-bond acceptors (Lipinski definition) is 4. The second-order valence-corrected chi connectivity index (χ2v) is 6.17. The second-order valence-electron chi connectivity index (χ2n) is 6.17. The third-order valence-corrected chi connectivity index (χ3v) is 5.19. The topological polar surface area (TPSA) is 74.6 Å². The molecule has 0 spiro atoms. The molecule has 0 aromatic heterocycles. The van der Waals surface area contributed by atoms with E-state index in [0.29, 0.717) is 37.4 Å². The summed E-state index contributed by atoms with van der Waals surface area (Å²) in [6.07, 6.45) is 3.97. The largest absolute Gasteiger partial charge is 0.386 e. The van der Waals surface area contributed by atoms with Crippen LogP contribution in [0.1, 0.15) is 33.1 Å². The average Bonchev–Trinajstić information content (AvgIpc) is 2.37. The van der Waals surface area contributed by atoms with Gasteiger partial charge in [0.1, 0.15) is 6.29 Å². The zero-order valence-electron chi connectivity index (χ0n) is 11.3. The number of carbonyl (C=O) groups is 2. The van der Waals surface area contributed by atoms with Crippen LogP contribution in [0.15, 0.2) is 23.8 Å². The standard InChI is InChI=1S/C15H20O4/c1-10-12-5-4-11(8-16)15(19,9-17)13(12,2)6-7-14(10,3)18/h4,8-9,12,18-19H,1,5-7H2,2-3H3. The summed E-state index contributed by atoms with van der Waals surface area (Å²) in [4.78, 5) is 22.5. The van der Waals surface area contributed by atoms with Crippen molar-refractivity contribution in [3.63, 3.8) is 0 Å². The number of carbonyl (C=O) groups excluding carboxylic acids is 2. The summed E-state index contributed by atoms with van der Waals surface area (Å²) in [5, 5.41) is 21.0. The van der Waals surface area contributed by atoms with E-state index in [-0.39, 0.29) is 11.5 Å². The molecule has 0 aromatic carbocycles. The maximum Gasteiger partial charge on any atom is 0.156 e. The van der Waals surface area contributed by atoms with Gasteiger partial charge in [0.05, 0.1) is 5.60 Å². The van der Waals surface area contributed by atoms with Crippen molar-refractivity contribution in [2.24, 2.45) is 11.3 Å². The molecule has 0 heterocycles. The summed E-state index contributed by atoms with van der Waals surface area (Å²) < 4.78 is 0. The Morgan fingerprint density at radius 3 is 2.47 bits per heavy atom. The van der Waals surface area contributed by atoms with Gasteiger partial charge in [0.2, 0.25) is 0 Å². The summed E-state index contributed by atoms with van der Waals surface area (Å²) in [6.45, 7) is 7.45. The van der Waals surface area contributed by atoms with Gasteiger partial charge in [-0.2, -0.15) is 0 Å². The van der Waals surface area contributed by atoms with Crippen LogP contribution in [0.4, 0.5) is 0 Å². The minimum absolute atomic E-state index is 0.121. The van der Waals surface area contributed by atoms with Gasteiger partial charge in [-0.05, 0) is 37.7 Å². The molecule has 1 fully saturated rings. The van der Waals surface area contributed by atoms with E-state index in [2.05, 4.69) is 6.58 Å². The lowest BCUT2D eigenvalue weighted by atomic mass is 9.50. The molecule has 2 N–H and O–H groups in total. The third kappa shape index (κ3) is 1.66. The lowest BCUT2D eigenvalue weighted by molar-refractivity contribution is -0.148. The summed E-state index contributed by atoms with van der Waals surface area (Å²) in [6, 6.07) is 0. The highest BCUT2D eigenvalue weighted by atomic mass is 16.3. The Labute approximate surface area is 112 Å². The van der Waals surface area contributed by atoms with Crippen LogP contribution in [0.5, 0.6) is 0 Å². The van der Waals surface area contributed by atoms with Crippen LogP contribution in [-0.4, -0.2) is 34.0 Å². The predicted octanol–water partition coefficient (Wildman–Crippen LogP) is 1.17. The second kappa shape index (κ2) is 4.12. The molecule has 0 bridgehead atoms. The number of hydrogen-bond donors (Lipinski definition) is 2. The number of allylic oxidation sites excluding steroid dienone is 1. The van der Waals surface area contributed by atoms with E-state index < -0.39 is 16.6 Å². The zero-order chi connectivity index (χ0) is 14.5. The molecule has 104 valence electrons. The molecule has 0 aromatic rings. The maximum atomic E-state index is 11.4. The molecular weight excluding hydrogens is 244 g/mol. The van der Waals surface area contributed by atoms with Crippen molar-refractivity contribution in [3.8, 4) is 0 Å². The number of rotatable bonds is 2. The molecule has 1 saturated carbocycles. The average molecular weight is 264 g/mol. The highest BCUT2D eigenvalue weighted by Crippen LogP contribution is 2.57. The van der Waals surface area contributed by atoms with Gasteiger partial charge in [-0.1, -0.05) is 19.6 Å². The van der Waals surface area contributed by atoms with Crippen LogP contribution in [0.25, 0.3) is 0 Å². The summed E-state index contributed by atoms with van der Waals surface area (Å²) in [5.41, 5.74) is -2.82. The van der Waals surface area contributed by atoms with E-state index in [1.54, 1.807) is 19.9 Å². The smallest absolute Gasteiger partial charge is 0.156 e. The van der Waals surface area contributed by atoms with Gasteiger partial charge in [0.25, 0.3) is 0 Å². The first-order valence-corrected chi connectivity index (χ1v) is 6.49. The Balaban J connectivity index is 2.57. The van der Waals surface area contributed by atoms with Crippen LogP contribution in [0.3, 0.4) is 0 Å². The quantitative estimate of drug-likeness (QED) is 0.580. The number of aliphatic hydroxyl groups is 2. The first kappa shape index (κ1) is 14.2. The van der Waals surface area contributed by atoms with Crippen molar-refractivity contribution in [1.82, 2.24) is 0 Å². The molecule has 0 aliphatic heterocycles. The lowest BCUT2D eigenvalue weighted by Gasteiger charge is -2.56. The number of aldehydes is 2. The number of fused-ring (bicyclic) bond motifs is 1. The van der Waals surface area contributed by atoms with Gasteiger partial charge in [-0.25, -0.2) is 0 Å². The monoisotopic (exact) mass is 264 g/mol. The van der Waals surface area contributed by atoms with Crippen molar-refractivity contribution >= 4 is 12.6 Å². The van der Waals surface area contributed by atoms with Gasteiger partial charge in [0.15, 0.2) is 11.9 Å². The van der Waals surface area contributed by atoms with Crippen LogP contribution in [0, 0.1) is 11.3 Å². The van der Waals surface area contributed by atoms with Gasteiger partial charge in [-0.15, -0.1) is 0 Å². The minimum Gasteiger partial charge on any atom is -0.386 e. The molecule has 0 radical (unpaired) electrons. The van der Waals surface area contributed by atoms with Crippen LogP contribution < -0.4 is 0 Å². The van der Waals surface area contributed by atoms with Gasteiger partial charge in [0, 0.05) is 11.0 Å². The molecule has 0 amide bonds. The molecule has 2 rings (SSSR count). The fraction of sp³-hybridized carbons (Fsp3) is 0.600. The highest BCUT2D eigenvalue weighted by molar-refractivity contribution is 5.88. The Morgan fingerprint density at radius 2 is 1.95 bits per heavy atom. The van der Waals surface area contributed by atoms with Gasteiger partial charge >= 0.3 is 0 Å². The van der Waals surface area contributed by atoms with E-state index in [1.807, 2.05) is 0 Å². The third-order valence-electron chi connectivity index (χ3n) is 5.19. The summed E-state index contributed by atoms with van der Waals surface area (Å²) in [5.74, 6) is -0.213. The lowest BCUT2D eigenvalue weighted by Crippen LogP contribution is -2.60. The Bertz CT molecular complexity index is 477. The molecule has 2 aliphatic rings. The van der Waals surface area contributed by atoms with Crippen molar-refractivity contribution < 1.29 is 19.8 Å². The van der Waals surface area contributed by atoms with E-state index >= 15 is 0 Å². The fourth-order valence-electron chi connectivity index (χ4n) is 3.53. The summed E-state index contributed by atoms with van der Waals surface area (Å²) >= 11 is 0. The zero-order valence-corrected chi connectivity index (χ0v) is 11.3. The normalized spacial score (nSPS) is 46.2. The Hall–Kier alpha value is -1.26. The molecule has 2 aliphatic carbocycles. The molecule has 4 atom stereocenters. The minimum atomic E-state index is -1.79. The molecule has 4 nitrogen and oxygen atoms in total. The molecule has 19 heavy (non-hydrogen) atoms. The van der Waals surface area contributed by atoms with E-state index in [9.17, 15) is 19.8 Å². The van der Waals surface area contributed by atoms with E-state index in [0.717, 1.165) is 0 Å². The molecular formula is C15H20O4. The Kier molecular flexibility index (Phi) is 3.07. The maximum absolute atomic E-state index is 11.4. The first-order valence-electron chi connectivity index (χ1n) is 6.49. The fourth-order valence-corrected chi connectivity index (χ4v) is 3.53. The van der Waals surface area contributed by atoms with Crippen LogP contribution >= 0.6 is 0 Å². The molecule has 4 unspecified atom stereocenters. The van der Waals surface area contributed by atoms with Crippen LogP contribution in [-0.2, 0) is 9.59 Å². The molecule has 4 heteroatoms. The van der Waals surface area contributed by atoms with Gasteiger partial charge < -0.3 is 10.2 Å².